The van der Waals surface area contributed by atoms with Gasteiger partial charge in [-0.05, 0) is 62.5 Å². The van der Waals surface area contributed by atoms with Crippen LogP contribution in [0.4, 0.5) is 11.4 Å². The zero-order valence-electron chi connectivity index (χ0n) is 11.5. The number of benzene rings is 1. The van der Waals surface area contributed by atoms with Gasteiger partial charge in [0, 0.05) is 30.5 Å². The number of nitrogens with zero attached hydrogens (tertiary/aromatic N) is 1. The Balaban J connectivity index is 1.94. The van der Waals surface area contributed by atoms with E-state index in [-0.39, 0.29) is 0 Å². The molecule has 2 nitrogen and oxygen atoms in total. The largest absolute Gasteiger partial charge is 0.382 e. The van der Waals surface area contributed by atoms with Crippen LogP contribution in [0, 0.1) is 0 Å². The zero-order valence-corrected chi connectivity index (χ0v) is 12.3. The molecule has 0 atom stereocenters. The van der Waals surface area contributed by atoms with Gasteiger partial charge in [0.1, 0.15) is 0 Å². The van der Waals surface area contributed by atoms with Crippen LogP contribution in [0.25, 0.3) is 0 Å². The topological polar surface area (TPSA) is 15.3 Å². The number of hydrogen-bond donors (Lipinski definition) is 1. The molecule has 1 fully saturated rings. The van der Waals surface area contributed by atoms with Crippen LogP contribution in [0.5, 0.6) is 0 Å². The van der Waals surface area contributed by atoms with Crippen molar-refractivity contribution >= 4 is 23.1 Å². The molecule has 0 unspecified atom stereocenters. The minimum absolute atomic E-state index is 0.672. The van der Waals surface area contributed by atoms with Crippen molar-refractivity contribution in [3.8, 4) is 0 Å². The number of thioether (sulfide) groups is 1. The Morgan fingerprint density at radius 3 is 2.28 bits per heavy atom. The van der Waals surface area contributed by atoms with Crippen LogP contribution in [0.15, 0.2) is 24.3 Å². The van der Waals surface area contributed by atoms with E-state index in [0.717, 1.165) is 13.1 Å². The Bertz CT molecular complexity index is 340. The second-order valence-electron chi connectivity index (χ2n) is 4.75. The predicted octanol–water partition coefficient (Wildman–Crippen LogP) is 3.84. The highest BCUT2D eigenvalue weighted by Crippen LogP contribution is 2.23. The third-order valence-electron chi connectivity index (χ3n) is 3.59. The first-order valence-corrected chi connectivity index (χ1v) is 8.18. The Morgan fingerprint density at radius 1 is 1.11 bits per heavy atom. The van der Waals surface area contributed by atoms with Crippen molar-refractivity contribution in [1.82, 2.24) is 0 Å². The van der Waals surface area contributed by atoms with Crippen molar-refractivity contribution in [3.05, 3.63) is 24.3 Å². The van der Waals surface area contributed by atoms with E-state index in [2.05, 4.69) is 60.1 Å². The van der Waals surface area contributed by atoms with E-state index in [1.165, 1.54) is 35.7 Å². The summed E-state index contributed by atoms with van der Waals surface area (Å²) in [6.45, 7) is 6.55. The first-order chi connectivity index (χ1) is 8.83. The van der Waals surface area contributed by atoms with E-state index in [4.69, 9.17) is 0 Å². The lowest BCUT2D eigenvalue weighted by molar-refractivity contribution is 0.667. The van der Waals surface area contributed by atoms with Crippen LogP contribution in [-0.2, 0) is 0 Å². The number of hydrogen-bond acceptors (Lipinski definition) is 3. The van der Waals surface area contributed by atoms with Gasteiger partial charge in [-0.15, -0.1) is 0 Å². The van der Waals surface area contributed by atoms with Gasteiger partial charge < -0.3 is 10.2 Å². The number of nitrogens with one attached hydrogen (secondary N) is 1. The summed E-state index contributed by atoms with van der Waals surface area (Å²) < 4.78 is 0. The van der Waals surface area contributed by atoms with E-state index >= 15 is 0 Å². The van der Waals surface area contributed by atoms with E-state index in [1.54, 1.807) is 0 Å². The molecular formula is C15H24N2S. The standard InChI is InChI=1S/C15H24N2S/c1-3-17(4-2)15-7-5-13(6-8-15)16-14-9-11-18-12-10-14/h5-8,14,16H,3-4,9-12H2,1-2H3. The summed E-state index contributed by atoms with van der Waals surface area (Å²) in [5.41, 5.74) is 2.59. The monoisotopic (exact) mass is 264 g/mol. The molecule has 18 heavy (non-hydrogen) atoms. The highest BCUT2D eigenvalue weighted by Gasteiger charge is 2.13. The minimum Gasteiger partial charge on any atom is -0.382 e. The molecule has 100 valence electrons. The lowest BCUT2D eigenvalue weighted by atomic mass is 10.1. The Morgan fingerprint density at radius 2 is 1.72 bits per heavy atom. The maximum absolute atomic E-state index is 3.65. The molecule has 0 aliphatic carbocycles. The maximum atomic E-state index is 3.65. The third kappa shape index (κ3) is 3.58. The lowest BCUT2D eigenvalue weighted by Crippen LogP contribution is -2.24. The molecule has 0 aromatic heterocycles. The van der Waals surface area contributed by atoms with Gasteiger partial charge in [0.2, 0.25) is 0 Å². The Labute approximate surface area is 115 Å². The molecule has 0 radical (unpaired) electrons. The SMILES string of the molecule is CCN(CC)c1ccc(NC2CCSCC2)cc1. The fraction of sp³-hybridized carbons (Fsp3) is 0.600. The molecule has 0 amide bonds. The van der Waals surface area contributed by atoms with E-state index < -0.39 is 0 Å². The van der Waals surface area contributed by atoms with Gasteiger partial charge in [0.15, 0.2) is 0 Å². The Kier molecular flexibility index (Phi) is 5.24. The van der Waals surface area contributed by atoms with E-state index in [0.29, 0.717) is 6.04 Å². The van der Waals surface area contributed by atoms with Gasteiger partial charge in [0.25, 0.3) is 0 Å². The van der Waals surface area contributed by atoms with Crippen molar-refractivity contribution in [2.24, 2.45) is 0 Å². The first kappa shape index (κ1) is 13.6. The lowest BCUT2D eigenvalue weighted by Gasteiger charge is -2.25. The summed E-state index contributed by atoms with van der Waals surface area (Å²) in [5.74, 6) is 2.60. The summed E-state index contributed by atoms with van der Waals surface area (Å²) in [4.78, 5) is 2.38. The molecule has 0 spiro atoms. The minimum atomic E-state index is 0.672. The van der Waals surface area contributed by atoms with Crippen LogP contribution in [0.2, 0.25) is 0 Å². The molecule has 1 aliphatic rings. The molecule has 1 aromatic carbocycles. The second-order valence-corrected chi connectivity index (χ2v) is 5.97. The van der Waals surface area contributed by atoms with Crippen LogP contribution in [-0.4, -0.2) is 30.6 Å². The molecule has 1 aromatic rings. The molecule has 1 N–H and O–H groups in total. The summed E-state index contributed by atoms with van der Waals surface area (Å²) in [7, 11) is 0. The first-order valence-electron chi connectivity index (χ1n) is 7.02. The molecular weight excluding hydrogens is 240 g/mol. The fourth-order valence-corrected chi connectivity index (χ4v) is 3.54. The number of rotatable bonds is 5. The molecule has 2 rings (SSSR count). The predicted molar refractivity (Wildman–Crippen MR) is 84.0 cm³/mol. The van der Waals surface area contributed by atoms with Gasteiger partial charge in [-0.2, -0.15) is 11.8 Å². The number of anilines is 2. The Hall–Kier alpha value is -0.830. The van der Waals surface area contributed by atoms with E-state index in [9.17, 15) is 0 Å². The summed E-state index contributed by atoms with van der Waals surface area (Å²) in [6, 6.07) is 9.57. The van der Waals surface area contributed by atoms with Gasteiger partial charge in [0.05, 0.1) is 0 Å². The molecule has 1 aliphatic heterocycles. The van der Waals surface area contributed by atoms with Gasteiger partial charge in [-0.1, -0.05) is 0 Å². The second kappa shape index (κ2) is 6.93. The molecule has 3 heteroatoms. The molecule has 1 heterocycles. The maximum Gasteiger partial charge on any atom is 0.0367 e. The van der Waals surface area contributed by atoms with Crippen molar-refractivity contribution in [1.29, 1.82) is 0 Å². The summed E-state index contributed by atoms with van der Waals surface area (Å²) in [6.07, 6.45) is 2.59. The van der Waals surface area contributed by atoms with E-state index in [1.807, 2.05) is 0 Å². The molecule has 1 saturated heterocycles. The third-order valence-corrected chi connectivity index (χ3v) is 4.64. The van der Waals surface area contributed by atoms with Crippen molar-refractivity contribution in [3.63, 3.8) is 0 Å². The van der Waals surface area contributed by atoms with Crippen molar-refractivity contribution in [2.45, 2.75) is 32.7 Å². The van der Waals surface area contributed by atoms with Gasteiger partial charge in [-0.3, -0.25) is 0 Å². The average molecular weight is 264 g/mol. The molecule has 0 saturated carbocycles. The van der Waals surface area contributed by atoms with Crippen LogP contribution in [0.1, 0.15) is 26.7 Å². The van der Waals surface area contributed by atoms with Gasteiger partial charge >= 0.3 is 0 Å². The average Bonchev–Trinajstić information content (AvgIpc) is 2.43. The highest BCUT2D eigenvalue weighted by atomic mass is 32.2. The van der Waals surface area contributed by atoms with Crippen molar-refractivity contribution in [2.75, 3.05) is 34.8 Å². The smallest absolute Gasteiger partial charge is 0.0367 e. The normalized spacial score (nSPS) is 16.6. The fourth-order valence-electron chi connectivity index (χ4n) is 2.43. The van der Waals surface area contributed by atoms with Crippen LogP contribution in [0.3, 0.4) is 0 Å². The van der Waals surface area contributed by atoms with Gasteiger partial charge in [-0.25, -0.2) is 0 Å². The van der Waals surface area contributed by atoms with Crippen molar-refractivity contribution < 1.29 is 0 Å². The summed E-state index contributed by atoms with van der Waals surface area (Å²) in [5, 5.41) is 3.65. The molecule has 0 bridgehead atoms. The van der Waals surface area contributed by atoms with Crippen LogP contribution < -0.4 is 10.2 Å². The highest BCUT2D eigenvalue weighted by molar-refractivity contribution is 7.99. The summed E-state index contributed by atoms with van der Waals surface area (Å²) >= 11 is 2.07. The zero-order chi connectivity index (χ0) is 12.8. The quantitative estimate of drug-likeness (QED) is 0.870. The van der Waals surface area contributed by atoms with Crippen LogP contribution >= 0.6 is 11.8 Å².